The second-order valence-corrected chi connectivity index (χ2v) is 6.78. The first-order valence-corrected chi connectivity index (χ1v) is 8.49. The maximum Gasteiger partial charge on any atom is 0.133 e. The van der Waals surface area contributed by atoms with Crippen LogP contribution in [0.5, 0.6) is 5.75 Å². The van der Waals surface area contributed by atoms with Gasteiger partial charge in [0.1, 0.15) is 18.2 Å². The van der Waals surface area contributed by atoms with Gasteiger partial charge in [-0.15, -0.1) is 11.3 Å². The number of amidine groups is 1. The molecule has 1 aromatic heterocycles. The monoisotopic (exact) mass is 332 g/mol. The molecule has 0 saturated carbocycles. The second-order valence-electron chi connectivity index (χ2n) is 5.69. The van der Waals surface area contributed by atoms with Gasteiger partial charge in [0.25, 0.3) is 0 Å². The largest absolute Gasteiger partial charge is 0.489 e. The molecule has 0 radical (unpaired) electrons. The Morgan fingerprint density at radius 3 is 2.54 bits per heavy atom. The Labute approximate surface area is 143 Å². The highest BCUT2D eigenvalue weighted by molar-refractivity contribution is 7.20. The summed E-state index contributed by atoms with van der Waals surface area (Å²) in [6.07, 6.45) is 0. The van der Waals surface area contributed by atoms with Gasteiger partial charge in [-0.2, -0.15) is 0 Å². The maximum absolute atomic E-state index is 7.54. The number of hydrogen-bond donors (Lipinski definition) is 2. The number of rotatable bonds is 4. The predicted molar refractivity (Wildman–Crippen MR) is 101 cm³/mol. The average Bonchev–Trinajstić information content (AvgIpc) is 3.03. The van der Waals surface area contributed by atoms with Crippen LogP contribution in [0.4, 0.5) is 0 Å². The van der Waals surface area contributed by atoms with Crippen molar-refractivity contribution in [1.29, 1.82) is 5.41 Å². The summed E-state index contributed by atoms with van der Waals surface area (Å²) in [5, 5.41) is 11.1. The Bertz CT molecular complexity index is 1050. The van der Waals surface area contributed by atoms with E-state index in [2.05, 4.69) is 30.3 Å². The van der Waals surface area contributed by atoms with Gasteiger partial charge in [0.05, 0.1) is 4.88 Å². The molecule has 0 aliphatic heterocycles. The highest BCUT2D eigenvalue weighted by Crippen LogP contribution is 2.29. The SMILES string of the molecule is N=C(N)c1cc2ccc(OCc3ccc4ccccc4c3)cc2s1. The van der Waals surface area contributed by atoms with E-state index in [1.54, 1.807) is 0 Å². The predicted octanol–water partition coefficient (Wildman–Crippen LogP) is 4.92. The molecule has 0 atom stereocenters. The van der Waals surface area contributed by atoms with Crippen LogP contribution in [0.2, 0.25) is 0 Å². The van der Waals surface area contributed by atoms with E-state index in [-0.39, 0.29) is 5.84 Å². The summed E-state index contributed by atoms with van der Waals surface area (Å²) in [6.45, 7) is 0.529. The summed E-state index contributed by atoms with van der Waals surface area (Å²) >= 11 is 1.51. The fraction of sp³-hybridized carbons (Fsp3) is 0.0500. The van der Waals surface area contributed by atoms with Gasteiger partial charge >= 0.3 is 0 Å². The first kappa shape index (κ1) is 14.7. The van der Waals surface area contributed by atoms with Gasteiger partial charge in [0, 0.05) is 4.70 Å². The standard InChI is InChI=1S/C20H16N2OS/c21-20(22)19-10-16-7-8-17(11-18(16)24-19)23-12-13-5-6-14-3-1-2-4-15(14)9-13/h1-11H,12H2,(H3,21,22). The van der Waals surface area contributed by atoms with Crippen molar-refractivity contribution in [1.82, 2.24) is 0 Å². The van der Waals surface area contributed by atoms with E-state index in [1.807, 2.05) is 36.4 Å². The molecule has 118 valence electrons. The minimum Gasteiger partial charge on any atom is -0.489 e. The molecule has 0 spiro atoms. The lowest BCUT2D eigenvalue weighted by Gasteiger charge is -2.07. The fourth-order valence-corrected chi connectivity index (χ4v) is 3.68. The topological polar surface area (TPSA) is 59.1 Å². The summed E-state index contributed by atoms with van der Waals surface area (Å²) in [6, 6.07) is 22.6. The third-order valence-electron chi connectivity index (χ3n) is 3.98. The third kappa shape index (κ3) is 2.84. The van der Waals surface area contributed by atoms with E-state index in [0.717, 1.165) is 26.3 Å². The zero-order valence-electron chi connectivity index (χ0n) is 13.0. The summed E-state index contributed by atoms with van der Waals surface area (Å²) in [4.78, 5) is 0.789. The molecule has 0 bridgehead atoms. The Kier molecular flexibility index (Phi) is 3.67. The molecule has 4 rings (SSSR count). The molecular weight excluding hydrogens is 316 g/mol. The van der Waals surface area contributed by atoms with Crippen LogP contribution in [0, 0.1) is 5.41 Å². The van der Waals surface area contributed by atoms with Crippen LogP contribution in [0.1, 0.15) is 10.4 Å². The first-order valence-electron chi connectivity index (χ1n) is 7.67. The van der Waals surface area contributed by atoms with Crippen LogP contribution in [-0.4, -0.2) is 5.84 Å². The van der Waals surface area contributed by atoms with Gasteiger partial charge in [0.15, 0.2) is 0 Å². The second kappa shape index (κ2) is 5.98. The van der Waals surface area contributed by atoms with E-state index >= 15 is 0 Å². The van der Waals surface area contributed by atoms with Crippen molar-refractivity contribution in [2.75, 3.05) is 0 Å². The molecule has 0 amide bonds. The molecular formula is C20H16N2OS. The van der Waals surface area contributed by atoms with Crippen molar-refractivity contribution in [2.45, 2.75) is 6.61 Å². The van der Waals surface area contributed by atoms with Crippen molar-refractivity contribution in [3.8, 4) is 5.75 Å². The lowest BCUT2D eigenvalue weighted by atomic mass is 10.1. The molecule has 3 nitrogen and oxygen atoms in total. The molecule has 4 aromatic rings. The molecule has 0 unspecified atom stereocenters. The van der Waals surface area contributed by atoms with E-state index in [9.17, 15) is 0 Å². The van der Waals surface area contributed by atoms with Gasteiger partial charge in [-0.25, -0.2) is 0 Å². The van der Waals surface area contributed by atoms with Crippen LogP contribution in [0.3, 0.4) is 0 Å². The number of nitrogens with one attached hydrogen (secondary N) is 1. The molecule has 0 saturated heterocycles. The maximum atomic E-state index is 7.54. The normalized spacial score (nSPS) is 11.0. The van der Waals surface area contributed by atoms with Crippen LogP contribution < -0.4 is 10.5 Å². The number of nitrogens with two attached hydrogens (primary N) is 1. The van der Waals surface area contributed by atoms with Gasteiger partial charge in [-0.1, -0.05) is 36.4 Å². The minimum atomic E-state index is 0.106. The Morgan fingerprint density at radius 1 is 0.917 bits per heavy atom. The van der Waals surface area contributed by atoms with Crippen LogP contribution >= 0.6 is 11.3 Å². The van der Waals surface area contributed by atoms with Gasteiger partial charge < -0.3 is 10.5 Å². The highest BCUT2D eigenvalue weighted by atomic mass is 32.1. The summed E-state index contributed by atoms with van der Waals surface area (Å²) < 4.78 is 7.02. The van der Waals surface area contributed by atoms with E-state index in [1.165, 1.54) is 22.1 Å². The zero-order chi connectivity index (χ0) is 16.5. The quantitative estimate of drug-likeness (QED) is 0.412. The minimum absolute atomic E-state index is 0.106. The third-order valence-corrected chi connectivity index (χ3v) is 5.11. The highest BCUT2D eigenvalue weighted by Gasteiger charge is 2.06. The zero-order valence-corrected chi connectivity index (χ0v) is 13.8. The molecule has 3 N–H and O–H groups in total. The van der Waals surface area contributed by atoms with E-state index < -0.39 is 0 Å². The van der Waals surface area contributed by atoms with Gasteiger partial charge in [-0.3, -0.25) is 5.41 Å². The van der Waals surface area contributed by atoms with Crippen molar-refractivity contribution in [3.63, 3.8) is 0 Å². The van der Waals surface area contributed by atoms with E-state index in [4.69, 9.17) is 15.9 Å². The van der Waals surface area contributed by atoms with Crippen molar-refractivity contribution < 1.29 is 4.74 Å². The number of fused-ring (bicyclic) bond motifs is 2. The number of hydrogen-bond acceptors (Lipinski definition) is 3. The average molecular weight is 332 g/mol. The van der Waals surface area contributed by atoms with Crippen molar-refractivity contribution >= 4 is 38.0 Å². The summed E-state index contributed by atoms with van der Waals surface area (Å²) in [7, 11) is 0. The molecule has 3 aromatic carbocycles. The van der Waals surface area contributed by atoms with E-state index in [0.29, 0.717) is 6.61 Å². The number of nitrogen functional groups attached to an aromatic ring is 1. The number of ether oxygens (including phenoxy) is 1. The molecule has 1 heterocycles. The number of thiophene rings is 1. The first-order chi connectivity index (χ1) is 11.7. The molecule has 0 aliphatic carbocycles. The lowest BCUT2D eigenvalue weighted by Crippen LogP contribution is -2.08. The number of benzene rings is 3. The molecule has 24 heavy (non-hydrogen) atoms. The smallest absolute Gasteiger partial charge is 0.133 e. The van der Waals surface area contributed by atoms with Crippen molar-refractivity contribution in [3.05, 3.63) is 77.2 Å². The molecule has 4 heteroatoms. The van der Waals surface area contributed by atoms with Crippen molar-refractivity contribution in [2.24, 2.45) is 5.73 Å². The Balaban J connectivity index is 1.55. The van der Waals surface area contributed by atoms with Crippen LogP contribution in [-0.2, 0) is 6.61 Å². The van der Waals surface area contributed by atoms with Crippen LogP contribution in [0.15, 0.2) is 66.7 Å². The van der Waals surface area contributed by atoms with Crippen LogP contribution in [0.25, 0.3) is 20.9 Å². The Hall–Kier alpha value is -2.85. The summed E-state index contributed by atoms with van der Waals surface area (Å²) in [5.74, 6) is 0.933. The Morgan fingerprint density at radius 2 is 1.71 bits per heavy atom. The summed E-state index contributed by atoms with van der Waals surface area (Å²) in [5.41, 5.74) is 6.70. The lowest BCUT2D eigenvalue weighted by molar-refractivity contribution is 0.307. The molecule has 0 fully saturated rings. The van der Waals surface area contributed by atoms with Gasteiger partial charge in [-0.05, 0) is 52.1 Å². The molecule has 0 aliphatic rings. The fourth-order valence-electron chi connectivity index (χ4n) is 2.73. The van der Waals surface area contributed by atoms with Gasteiger partial charge in [0.2, 0.25) is 0 Å².